The maximum atomic E-state index is 12.5. The second-order valence-electron chi connectivity index (χ2n) is 5.37. The molecule has 130 valence electrons. The van der Waals surface area contributed by atoms with Gasteiger partial charge in [0.05, 0.1) is 5.75 Å². The Hall–Kier alpha value is -1.55. The monoisotopic (exact) mass is 350 g/mol. The van der Waals surface area contributed by atoms with E-state index < -0.39 is 28.0 Å². The summed E-state index contributed by atoms with van der Waals surface area (Å²) >= 11 is 0. The molecular formula is C13H20F2N4O3S. The van der Waals surface area contributed by atoms with E-state index in [4.69, 9.17) is 0 Å². The number of amides is 1. The van der Waals surface area contributed by atoms with Gasteiger partial charge in [-0.15, -0.1) is 0 Å². The third kappa shape index (κ3) is 4.25. The molecule has 2 rings (SSSR count). The van der Waals surface area contributed by atoms with Crippen molar-refractivity contribution in [3.63, 3.8) is 0 Å². The number of H-pyrrole nitrogens is 1. The maximum Gasteiger partial charge on any atom is 0.279 e. The first-order valence-electron chi connectivity index (χ1n) is 7.45. The molecule has 2 heterocycles. The molecule has 1 N–H and O–H groups in total. The summed E-state index contributed by atoms with van der Waals surface area (Å²) in [7, 11) is -3.30. The fourth-order valence-corrected chi connectivity index (χ4v) is 4.02. The van der Waals surface area contributed by atoms with Crippen LogP contribution in [0.15, 0.2) is 6.07 Å². The van der Waals surface area contributed by atoms with Crippen LogP contribution in [0.2, 0.25) is 0 Å². The Labute approximate surface area is 133 Å². The molecule has 1 fully saturated rings. The van der Waals surface area contributed by atoms with Gasteiger partial charge >= 0.3 is 0 Å². The Kier molecular flexibility index (Phi) is 5.69. The number of aromatic amines is 1. The van der Waals surface area contributed by atoms with E-state index in [9.17, 15) is 22.0 Å². The first-order chi connectivity index (χ1) is 10.8. The van der Waals surface area contributed by atoms with E-state index in [-0.39, 0.29) is 24.5 Å². The standard InChI is InChI=1S/C13H20F2N4O3S/c1-2-8-23(21,22)19-5-3-4-18(6-7-19)13(20)11-9-10(12(14)15)16-17-11/h9,12H,2-8H2,1H3,(H,16,17). The number of carbonyl (C=O) groups excluding carboxylic acids is 1. The summed E-state index contributed by atoms with van der Waals surface area (Å²) in [5, 5.41) is 5.75. The fraction of sp³-hybridized carbons (Fsp3) is 0.692. The second-order valence-corrected chi connectivity index (χ2v) is 7.46. The quantitative estimate of drug-likeness (QED) is 0.865. The molecule has 23 heavy (non-hydrogen) atoms. The summed E-state index contributed by atoms with van der Waals surface area (Å²) in [6.45, 7) is 2.95. The van der Waals surface area contributed by atoms with Crippen LogP contribution in [0.3, 0.4) is 0 Å². The first-order valence-corrected chi connectivity index (χ1v) is 9.06. The van der Waals surface area contributed by atoms with Gasteiger partial charge < -0.3 is 4.90 Å². The van der Waals surface area contributed by atoms with Gasteiger partial charge in [0, 0.05) is 26.2 Å². The lowest BCUT2D eigenvalue weighted by molar-refractivity contribution is 0.0758. The molecule has 0 unspecified atom stereocenters. The lowest BCUT2D eigenvalue weighted by Gasteiger charge is -2.21. The molecule has 1 aliphatic rings. The van der Waals surface area contributed by atoms with E-state index >= 15 is 0 Å². The Morgan fingerprint density at radius 3 is 2.70 bits per heavy atom. The molecule has 10 heteroatoms. The van der Waals surface area contributed by atoms with Crippen LogP contribution < -0.4 is 0 Å². The number of rotatable bonds is 5. The molecule has 0 bridgehead atoms. The van der Waals surface area contributed by atoms with Gasteiger partial charge in [0.2, 0.25) is 10.0 Å². The minimum absolute atomic E-state index is 0.0786. The van der Waals surface area contributed by atoms with Gasteiger partial charge in [0.25, 0.3) is 12.3 Å². The number of alkyl halides is 2. The van der Waals surface area contributed by atoms with Crippen LogP contribution in [0.25, 0.3) is 0 Å². The zero-order valence-corrected chi connectivity index (χ0v) is 13.7. The van der Waals surface area contributed by atoms with Crippen molar-refractivity contribution in [1.82, 2.24) is 19.4 Å². The van der Waals surface area contributed by atoms with Crippen LogP contribution in [0.4, 0.5) is 8.78 Å². The van der Waals surface area contributed by atoms with E-state index in [1.165, 1.54) is 9.21 Å². The van der Waals surface area contributed by atoms with Crippen molar-refractivity contribution in [2.75, 3.05) is 31.9 Å². The number of aromatic nitrogens is 2. The lowest BCUT2D eigenvalue weighted by atomic mass is 10.3. The highest BCUT2D eigenvalue weighted by atomic mass is 32.2. The van der Waals surface area contributed by atoms with Gasteiger partial charge in [-0.2, -0.15) is 5.10 Å². The lowest BCUT2D eigenvalue weighted by Crippen LogP contribution is -2.38. The normalized spacial score (nSPS) is 17.5. The summed E-state index contributed by atoms with van der Waals surface area (Å²) in [5.41, 5.74) is -0.486. The van der Waals surface area contributed by atoms with Crippen LogP contribution >= 0.6 is 0 Å². The van der Waals surface area contributed by atoms with Gasteiger partial charge in [-0.25, -0.2) is 21.5 Å². The molecule has 0 aliphatic carbocycles. The number of sulfonamides is 1. The van der Waals surface area contributed by atoms with Crippen LogP contribution in [0.1, 0.15) is 42.4 Å². The van der Waals surface area contributed by atoms with Crippen molar-refractivity contribution in [1.29, 1.82) is 0 Å². The third-order valence-electron chi connectivity index (χ3n) is 3.65. The molecule has 1 saturated heterocycles. The number of hydrogen-bond acceptors (Lipinski definition) is 4. The summed E-state index contributed by atoms with van der Waals surface area (Å²) < 4.78 is 50.6. The third-order valence-corrected chi connectivity index (χ3v) is 5.73. The van der Waals surface area contributed by atoms with E-state index in [1.807, 2.05) is 0 Å². The highest BCUT2D eigenvalue weighted by Crippen LogP contribution is 2.18. The Bertz CT molecular complexity index is 647. The average molecular weight is 350 g/mol. The SMILES string of the molecule is CCCS(=O)(=O)N1CCCN(C(=O)c2cc(C(F)F)[nH]n2)CC1. The highest BCUT2D eigenvalue weighted by molar-refractivity contribution is 7.89. The molecule has 0 aromatic carbocycles. The van der Waals surface area contributed by atoms with E-state index in [0.29, 0.717) is 25.9 Å². The number of hydrogen-bond donors (Lipinski definition) is 1. The Morgan fingerprint density at radius 1 is 1.35 bits per heavy atom. The maximum absolute atomic E-state index is 12.5. The van der Waals surface area contributed by atoms with Crippen molar-refractivity contribution in [2.24, 2.45) is 0 Å². The molecule has 0 saturated carbocycles. The van der Waals surface area contributed by atoms with E-state index in [2.05, 4.69) is 10.2 Å². The Balaban J connectivity index is 2.03. The molecule has 1 aliphatic heterocycles. The van der Waals surface area contributed by atoms with Crippen LogP contribution in [-0.4, -0.2) is 65.7 Å². The number of nitrogens with zero attached hydrogens (tertiary/aromatic N) is 3. The van der Waals surface area contributed by atoms with E-state index in [0.717, 1.165) is 6.07 Å². The van der Waals surface area contributed by atoms with E-state index in [1.54, 1.807) is 6.92 Å². The smallest absolute Gasteiger partial charge is 0.279 e. The van der Waals surface area contributed by atoms with Crippen molar-refractivity contribution >= 4 is 15.9 Å². The van der Waals surface area contributed by atoms with Crippen LogP contribution in [0.5, 0.6) is 0 Å². The van der Waals surface area contributed by atoms with Crippen molar-refractivity contribution in [3.8, 4) is 0 Å². The average Bonchev–Trinajstić information content (AvgIpc) is 2.84. The second kappa shape index (κ2) is 7.35. The molecule has 0 atom stereocenters. The van der Waals surface area contributed by atoms with Crippen molar-refractivity contribution in [3.05, 3.63) is 17.5 Å². The zero-order valence-electron chi connectivity index (χ0n) is 12.8. The molecule has 0 radical (unpaired) electrons. The predicted molar refractivity (Wildman–Crippen MR) is 79.7 cm³/mol. The van der Waals surface area contributed by atoms with Gasteiger partial charge in [0.15, 0.2) is 5.69 Å². The number of halogens is 2. The minimum atomic E-state index is -3.30. The topological polar surface area (TPSA) is 86.4 Å². The summed E-state index contributed by atoms with van der Waals surface area (Å²) in [6, 6.07) is 1.03. The molecule has 7 nitrogen and oxygen atoms in total. The van der Waals surface area contributed by atoms with Crippen molar-refractivity contribution < 1.29 is 22.0 Å². The molecule has 0 spiro atoms. The van der Waals surface area contributed by atoms with Gasteiger partial charge in [-0.3, -0.25) is 9.89 Å². The Morgan fingerprint density at radius 2 is 2.09 bits per heavy atom. The highest BCUT2D eigenvalue weighted by Gasteiger charge is 2.27. The fourth-order valence-electron chi connectivity index (χ4n) is 2.48. The number of nitrogens with one attached hydrogen (secondary N) is 1. The number of carbonyl (C=O) groups is 1. The summed E-state index contributed by atoms with van der Waals surface area (Å²) in [5.74, 6) is -0.388. The molecule has 1 amide bonds. The van der Waals surface area contributed by atoms with Crippen LogP contribution in [-0.2, 0) is 10.0 Å². The van der Waals surface area contributed by atoms with Gasteiger partial charge in [0.1, 0.15) is 5.69 Å². The minimum Gasteiger partial charge on any atom is -0.336 e. The molecule has 1 aromatic heterocycles. The first kappa shape index (κ1) is 17.8. The molecule has 1 aromatic rings. The zero-order chi connectivity index (χ0) is 17.0. The summed E-state index contributed by atoms with van der Waals surface area (Å²) in [4.78, 5) is 13.8. The summed E-state index contributed by atoms with van der Waals surface area (Å²) in [6.07, 6.45) is -1.69. The predicted octanol–water partition coefficient (Wildman–Crippen LogP) is 1.23. The largest absolute Gasteiger partial charge is 0.336 e. The van der Waals surface area contributed by atoms with Crippen LogP contribution in [0, 0.1) is 0 Å². The van der Waals surface area contributed by atoms with Gasteiger partial charge in [-0.1, -0.05) is 6.92 Å². The van der Waals surface area contributed by atoms with Gasteiger partial charge in [-0.05, 0) is 18.9 Å². The molecular weight excluding hydrogens is 330 g/mol. The van der Waals surface area contributed by atoms with Crippen molar-refractivity contribution in [2.45, 2.75) is 26.2 Å².